The summed E-state index contributed by atoms with van der Waals surface area (Å²) in [5.74, 6) is -1.16. The predicted molar refractivity (Wildman–Crippen MR) is 109 cm³/mol. The smallest absolute Gasteiger partial charge is 0.254 e. The molecule has 0 unspecified atom stereocenters. The molecular weight excluding hydrogens is 409 g/mol. The molecule has 3 rings (SSSR count). The van der Waals surface area contributed by atoms with Gasteiger partial charge >= 0.3 is 0 Å². The minimum Gasteiger partial charge on any atom is -0.473 e. The van der Waals surface area contributed by atoms with E-state index in [4.69, 9.17) is 4.74 Å². The van der Waals surface area contributed by atoms with Crippen LogP contribution in [0.2, 0.25) is 0 Å². The number of hydrogen-bond acceptors (Lipinski definition) is 5. The molecule has 2 N–H and O–H groups in total. The number of halogens is 1. The van der Waals surface area contributed by atoms with Crippen molar-refractivity contribution in [1.29, 1.82) is 0 Å². The molecule has 0 spiro atoms. The number of pyridine rings is 1. The molecule has 0 atom stereocenters. The second-order valence-electron chi connectivity index (χ2n) is 6.31. The van der Waals surface area contributed by atoms with Crippen molar-refractivity contribution in [3.8, 4) is 5.88 Å². The fourth-order valence-corrected chi connectivity index (χ4v) is 3.37. The van der Waals surface area contributed by atoms with Gasteiger partial charge in [0, 0.05) is 18.8 Å². The fourth-order valence-electron chi connectivity index (χ4n) is 2.61. The third-order valence-electron chi connectivity index (χ3n) is 4.24. The van der Waals surface area contributed by atoms with Crippen molar-refractivity contribution in [2.75, 3.05) is 7.05 Å². The van der Waals surface area contributed by atoms with Gasteiger partial charge in [-0.2, -0.15) is 0 Å². The zero-order valence-electron chi connectivity index (χ0n) is 16.1. The summed E-state index contributed by atoms with van der Waals surface area (Å²) in [6.45, 7) is 0.438. The van der Waals surface area contributed by atoms with E-state index < -0.39 is 21.7 Å². The minimum atomic E-state index is -3.79. The predicted octanol–water partition coefficient (Wildman–Crippen LogP) is 2.64. The molecule has 0 radical (unpaired) electrons. The van der Waals surface area contributed by atoms with Crippen molar-refractivity contribution in [2.24, 2.45) is 0 Å². The van der Waals surface area contributed by atoms with Crippen LogP contribution in [-0.4, -0.2) is 26.4 Å². The van der Waals surface area contributed by atoms with E-state index in [2.05, 4.69) is 15.0 Å². The Morgan fingerprint density at radius 3 is 2.57 bits per heavy atom. The second-order valence-corrected chi connectivity index (χ2v) is 8.20. The van der Waals surface area contributed by atoms with Gasteiger partial charge in [-0.05, 0) is 42.4 Å². The number of nitrogens with one attached hydrogen (secondary N) is 2. The molecule has 0 aliphatic rings. The van der Waals surface area contributed by atoms with E-state index in [1.807, 2.05) is 30.3 Å². The number of ether oxygens (including phenoxy) is 1. The van der Waals surface area contributed by atoms with E-state index >= 15 is 0 Å². The number of aromatic nitrogens is 1. The molecular formula is C21H20FN3O4S. The van der Waals surface area contributed by atoms with E-state index in [1.165, 1.54) is 7.05 Å². The number of sulfonamides is 1. The summed E-state index contributed by atoms with van der Waals surface area (Å²) in [6, 6.07) is 16.0. The van der Waals surface area contributed by atoms with Crippen molar-refractivity contribution in [3.05, 3.63) is 89.4 Å². The molecule has 0 saturated heterocycles. The van der Waals surface area contributed by atoms with Crippen LogP contribution >= 0.6 is 0 Å². The summed E-state index contributed by atoms with van der Waals surface area (Å²) in [4.78, 5) is 16.3. The molecule has 0 aliphatic heterocycles. The number of carbonyl (C=O) groups is 1. The highest BCUT2D eigenvalue weighted by Gasteiger charge is 2.18. The van der Waals surface area contributed by atoms with E-state index in [9.17, 15) is 17.6 Å². The van der Waals surface area contributed by atoms with Gasteiger partial charge in [-0.3, -0.25) is 4.79 Å². The fraction of sp³-hybridized carbons (Fsp3) is 0.143. The van der Waals surface area contributed by atoms with Crippen LogP contribution in [0.3, 0.4) is 0 Å². The monoisotopic (exact) mass is 429 g/mol. The van der Waals surface area contributed by atoms with Crippen molar-refractivity contribution in [2.45, 2.75) is 18.0 Å². The summed E-state index contributed by atoms with van der Waals surface area (Å²) in [7, 11) is -2.56. The number of carbonyl (C=O) groups excluding carboxylic acids is 1. The first-order chi connectivity index (χ1) is 14.4. The Balaban J connectivity index is 1.66. The molecule has 9 heteroatoms. The highest BCUT2D eigenvalue weighted by molar-refractivity contribution is 7.89. The Morgan fingerprint density at radius 1 is 1.07 bits per heavy atom. The molecule has 0 fully saturated rings. The molecule has 156 valence electrons. The van der Waals surface area contributed by atoms with Crippen LogP contribution in [0.1, 0.15) is 21.5 Å². The van der Waals surface area contributed by atoms with Gasteiger partial charge < -0.3 is 10.1 Å². The third-order valence-corrected chi connectivity index (χ3v) is 5.66. The number of hydrogen-bond donors (Lipinski definition) is 2. The van der Waals surface area contributed by atoms with Crippen LogP contribution in [0.15, 0.2) is 71.8 Å². The average Bonchev–Trinajstić information content (AvgIpc) is 2.77. The van der Waals surface area contributed by atoms with Gasteiger partial charge in [-0.25, -0.2) is 22.5 Å². The van der Waals surface area contributed by atoms with Gasteiger partial charge in [0.25, 0.3) is 5.91 Å². The Bertz CT molecular complexity index is 1140. The van der Waals surface area contributed by atoms with Crippen LogP contribution in [-0.2, 0) is 23.2 Å². The first-order valence-corrected chi connectivity index (χ1v) is 10.5. The van der Waals surface area contributed by atoms with Crippen LogP contribution in [0.4, 0.5) is 4.39 Å². The first kappa shape index (κ1) is 21.4. The van der Waals surface area contributed by atoms with Gasteiger partial charge in [-0.1, -0.05) is 30.3 Å². The van der Waals surface area contributed by atoms with Crippen LogP contribution < -0.4 is 14.8 Å². The zero-order valence-corrected chi connectivity index (χ0v) is 16.9. The molecule has 1 heterocycles. The zero-order chi connectivity index (χ0) is 21.6. The molecule has 0 aliphatic carbocycles. The molecule has 2 aromatic carbocycles. The van der Waals surface area contributed by atoms with Gasteiger partial charge in [0.1, 0.15) is 12.4 Å². The highest BCUT2D eigenvalue weighted by Crippen LogP contribution is 2.16. The van der Waals surface area contributed by atoms with Gasteiger partial charge in [0.05, 0.1) is 10.5 Å². The Morgan fingerprint density at radius 2 is 1.83 bits per heavy atom. The summed E-state index contributed by atoms with van der Waals surface area (Å²) < 4.78 is 45.6. The third kappa shape index (κ3) is 5.40. The number of benzene rings is 2. The Kier molecular flexibility index (Phi) is 6.76. The average molecular weight is 429 g/mol. The first-order valence-electron chi connectivity index (χ1n) is 9.02. The lowest BCUT2D eigenvalue weighted by Gasteiger charge is -2.10. The molecule has 3 aromatic rings. The molecule has 1 aromatic heterocycles. The van der Waals surface area contributed by atoms with Gasteiger partial charge in [0.2, 0.25) is 15.9 Å². The summed E-state index contributed by atoms with van der Waals surface area (Å²) in [5, 5.41) is 2.58. The molecule has 7 nitrogen and oxygen atoms in total. The Labute approximate surface area is 174 Å². The van der Waals surface area contributed by atoms with Crippen LogP contribution in [0, 0.1) is 5.82 Å². The maximum absolute atomic E-state index is 14.1. The highest BCUT2D eigenvalue weighted by atomic mass is 32.2. The van der Waals surface area contributed by atoms with E-state index in [0.717, 1.165) is 23.8 Å². The van der Waals surface area contributed by atoms with E-state index in [-0.39, 0.29) is 17.0 Å². The van der Waals surface area contributed by atoms with Crippen molar-refractivity contribution in [1.82, 2.24) is 15.0 Å². The minimum absolute atomic E-state index is 0.0888. The lowest BCUT2D eigenvalue weighted by Crippen LogP contribution is -2.25. The summed E-state index contributed by atoms with van der Waals surface area (Å²) in [6.07, 6.45) is 1.54. The van der Waals surface area contributed by atoms with Crippen molar-refractivity contribution in [3.63, 3.8) is 0 Å². The topological polar surface area (TPSA) is 97.4 Å². The normalized spacial score (nSPS) is 11.1. The standard InChI is InChI=1S/C21H20FN3O4S/c1-23-30(27,28)17-7-8-19(22)18(12-17)21(26)25-13-16-9-10-24-20(11-16)29-14-15-5-3-2-4-6-15/h2-12,23H,13-14H2,1H3,(H,25,26). The largest absolute Gasteiger partial charge is 0.473 e. The Hall–Kier alpha value is -3.30. The van der Waals surface area contributed by atoms with E-state index in [1.54, 1.807) is 18.3 Å². The lowest BCUT2D eigenvalue weighted by atomic mass is 10.2. The maximum Gasteiger partial charge on any atom is 0.254 e. The molecule has 1 amide bonds. The van der Waals surface area contributed by atoms with Gasteiger partial charge in [0.15, 0.2) is 0 Å². The molecule has 0 bridgehead atoms. The quantitative estimate of drug-likeness (QED) is 0.574. The maximum atomic E-state index is 14.1. The molecule has 30 heavy (non-hydrogen) atoms. The number of rotatable bonds is 8. The SMILES string of the molecule is CNS(=O)(=O)c1ccc(F)c(C(=O)NCc2ccnc(OCc3ccccc3)c2)c1. The number of nitrogens with zero attached hydrogens (tertiary/aromatic N) is 1. The van der Waals surface area contributed by atoms with Crippen molar-refractivity contribution >= 4 is 15.9 Å². The van der Waals surface area contributed by atoms with Crippen LogP contribution in [0.25, 0.3) is 0 Å². The second kappa shape index (κ2) is 9.47. The summed E-state index contributed by atoms with van der Waals surface area (Å²) in [5.41, 5.74) is 1.33. The van der Waals surface area contributed by atoms with Crippen molar-refractivity contribution < 1.29 is 22.3 Å². The van der Waals surface area contributed by atoms with Gasteiger partial charge in [-0.15, -0.1) is 0 Å². The lowest BCUT2D eigenvalue weighted by molar-refractivity contribution is 0.0946. The van der Waals surface area contributed by atoms with E-state index in [0.29, 0.717) is 18.1 Å². The number of amides is 1. The van der Waals surface area contributed by atoms with Crippen LogP contribution in [0.5, 0.6) is 5.88 Å². The summed E-state index contributed by atoms with van der Waals surface area (Å²) >= 11 is 0. The molecule has 0 saturated carbocycles.